The number of pyridine rings is 1. The third-order valence-corrected chi connectivity index (χ3v) is 5.36. The van der Waals surface area contributed by atoms with Crippen LogP contribution in [0.25, 0.3) is 16.7 Å². The maximum Gasteiger partial charge on any atom is 0.343 e. The minimum atomic E-state index is -0.584. The molecule has 34 heavy (non-hydrogen) atoms. The topological polar surface area (TPSA) is 95.3 Å². The average molecular weight is 459 g/mol. The van der Waals surface area contributed by atoms with Crippen molar-refractivity contribution in [3.63, 3.8) is 0 Å². The van der Waals surface area contributed by atoms with Crippen molar-refractivity contribution < 1.29 is 19.1 Å². The third kappa shape index (κ3) is 4.76. The first-order chi connectivity index (χ1) is 16.5. The number of rotatable bonds is 8. The molecule has 0 spiro atoms. The van der Waals surface area contributed by atoms with Crippen LogP contribution in [-0.2, 0) is 16.0 Å². The van der Waals surface area contributed by atoms with Crippen LogP contribution in [0.15, 0.2) is 60.8 Å². The Bertz CT molecular complexity index is 1350. The predicted molar refractivity (Wildman–Crippen MR) is 130 cm³/mol. The number of ether oxygens (including phenoxy) is 2. The number of nitrogens with one attached hydrogen (secondary N) is 1. The maximum absolute atomic E-state index is 12.8. The molecule has 0 bridgehead atoms. The minimum Gasteiger partial charge on any atom is -0.483 e. The van der Waals surface area contributed by atoms with Crippen molar-refractivity contribution in [2.45, 2.75) is 27.2 Å². The Kier molecular flexibility index (Phi) is 6.87. The molecule has 2 heterocycles. The van der Waals surface area contributed by atoms with E-state index in [1.54, 1.807) is 6.92 Å². The van der Waals surface area contributed by atoms with Crippen molar-refractivity contribution in [1.29, 1.82) is 0 Å². The van der Waals surface area contributed by atoms with Gasteiger partial charge in [0.1, 0.15) is 11.3 Å². The summed E-state index contributed by atoms with van der Waals surface area (Å²) in [5, 5.41) is 8.11. The van der Waals surface area contributed by atoms with Crippen molar-refractivity contribution in [3.8, 4) is 11.6 Å². The summed E-state index contributed by atoms with van der Waals surface area (Å²) in [6, 6.07) is 17.2. The highest BCUT2D eigenvalue weighted by Gasteiger charge is 2.23. The van der Waals surface area contributed by atoms with Gasteiger partial charge in [-0.1, -0.05) is 43.3 Å². The molecule has 4 rings (SSSR count). The van der Waals surface area contributed by atoms with Gasteiger partial charge in [0.15, 0.2) is 18.2 Å². The van der Waals surface area contributed by atoms with Crippen molar-refractivity contribution in [2.75, 3.05) is 18.5 Å². The zero-order valence-electron chi connectivity index (χ0n) is 19.4. The van der Waals surface area contributed by atoms with Crippen LogP contribution in [-0.4, -0.2) is 39.9 Å². The second kappa shape index (κ2) is 10.2. The van der Waals surface area contributed by atoms with Gasteiger partial charge in [0, 0.05) is 5.39 Å². The molecule has 0 unspecified atom stereocenters. The van der Waals surface area contributed by atoms with E-state index in [0.717, 1.165) is 28.5 Å². The van der Waals surface area contributed by atoms with Gasteiger partial charge in [-0.3, -0.25) is 4.79 Å². The predicted octanol–water partition coefficient (Wildman–Crippen LogP) is 4.49. The molecule has 1 N–H and O–H groups in total. The normalized spacial score (nSPS) is 10.8. The lowest BCUT2D eigenvalue weighted by Crippen LogP contribution is -2.24. The molecule has 8 heteroatoms. The number of anilines is 1. The number of benzene rings is 2. The van der Waals surface area contributed by atoms with Gasteiger partial charge in [-0.05, 0) is 49.6 Å². The number of esters is 1. The summed E-state index contributed by atoms with van der Waals surface area (Å²) in [4.78, 5) is 30.1. The van der Waals surface area contributed by atoms with Crippen molar-refractivity contribution >= 4 is 28.6 Å². The Morgan fingerprint density at radius 1 is 1.06 bits per heavy atom. The molecular formula is C26H26N4O4. The molecule has 0 aliphatic heterocycles. The summed E-state index contributed by atoms with van der Waals surface area (Å²) in [7, 11) is 0. The highest BCUT2D eigenvalue weighted by atomic mass is 16.5. The standard InChI is InChI=1S/C26H26N4O4/c1-4-18-10-6-9-13-22(18)34-16-24(31)29-25-20(26(32)33-5-2)15-27-30(25)23-14-17(3)19-11-7-8-12-21(19)28-23/h6-15H,4-5,16H2,1-3H3,(H,29,31). The molecule has 0 saturated heterocycles. The second-order valence-corrected chi connectivity index (χ2v) is 7.65. The Balaban J connectivity index is 1.66. The van der Waals surface area contributed by atoms with Crippen LogP contribution in [0.2, 0.25) is 0 Å². The van der Waals surface area contributed by atoms with Crippen LogP contribution in [0.3, 0.4) is 0 Å². The van der Waals surface area contributed by atoms with Gasteiger partial charge in [-0.15, -0.1) is 0 Å². The Morgan fingerprint density at radius 3 is 2.62 bits per heavy atom. The number of hydrogen-bond donors (Lipinski definition) is 1. The highest BCUT2D eigenvalue weighted by Crippen LogP contribution is 2.25. The van der Waals surface area contributed by atoms with Gasteiger partial charge in [0.2, 0.25) is 0 Å². The lowest BCUT2D eigenvalue weighted by molar-refractivity contribution is -0.118. The van der Waals surface area contributed by atoms with Crippen molar-refractivity contribution in [1.82, 2.24) is 14.8 Å². The largest absolute Gasteiger partial charge is 0.483 e. The number of hydrogen-bond acceptors (Lipinski definition) is 6. The molecule has 8 nitrogen and oxygen atoms in total. The van der Waals surface area contributed by atoms with E-state index in [1.165, 1.54) is 10.9 Å². The molecule has 0 radical (unpaired) electrons. The lowest BCUT2D eigenvalue weighted by atomic mass is 10.1. The summed E-state index contributed by atoms with van der Waals surface area (Å²) in [5.41, 5.74) is 2.91. The van der Waals surface area contributed by atoms with E-state index in [-0.39, 0.29) is 24.6 Å². The third-order valence-electron chi connectivity index (χ3n) is 5.36. The van der Waals surface area contributed by atoms with Gasteiger partial charge >= 0.3 is 5.97 Å². The zero-order chi connectivity index (χ0) is 24.1. The average Bonchev–Trinajstić information content (AvgIpc) is 3.26. The fraction of sp³-hybridized carbons (Fsp3) is 0.231. The van der Waals surface area contributed by atoms with Crippen molar-refractivity contribution in [2.24, 2.45) is 0 Å². The molecule has 2 aromatic heterocycles. The second-order valence-electron chi connectivity index (χ2n) is 7.65. The van der Waals surface area contributed by atoms with Gasteiger partial charge in [-0.25, -0.2) is 9.78 Å². The van der Waals surface area contributed by atoms with Gasteiger partial charge in [0.25, 0.3) is 5.91 Å². The van der Waals surface area contributed by atoms with Crippen LogP contribution >= 0.6 is 0 Å². The van der Waals surface area contributed by atoms with Gasteiger partial charge < -0.3 is 14.8 Å². The number of nitrogens with zero attached hydrogens (tertiary/aromatic N) is 3. The van der Waals surface area contributed by atoms with E-state index in [2.05, 4.69) is 15.4 Å². The maximum atomic E-state index is 12.8. The van der Waals surface area contributed by atoms with E-state index < -0.39 is 11.9 Å². The summed E-state index contributed by atoms with van der Waals surface area (Å²) in [6.07, 6.45) is 2.15. The van der Waals surface area contributed by atoms with E-state index in [4.69, 9.17) is 9.47 Å². The Hall–Kier alpha value is -4.20. The first-order valence-electron chi connectivity index (χ1n) is 11.1. The van der Waals surface area contributed by atoms with Crippen LogP contribution in [0, 0.1) is 6.92 Å². The molecule has 174 valence electrons. The summed E-state index contributed by atoms with van der Waals surface area (Å²) >= 11 is 0. The smallest absolute Gasteiger partial charge is 0.343 e. The van der Waals surface area contributed by atoms with E-state index in [1.807, 2.05) is 68.4 Å². The fourth-order valence-electron chi connectivity index (χ4n) is 3.69. The number of amides is 1. The number of fused-ring (bicyclic) bond motifs is 1. The first kappa shape index (κ1) is 23.0. The zero-order valence-corrected chi connectivity index (χ0v) is 19.4. The molecule has 0 aliphatic rings. The number of carbonyl (C=O) groups excluding carboxylic acids is 2. The van der Waals surface area contributed by atoms with Crippen molar-refractivity contribution in [3.05, 3.63) is 77.5 Å². The fourth-order valence-corrected chi connectivity index (χ4v) is 3.69. The molecule has 2 aromatic carbocycles. The van der Waals surface area contributed by atoms with Gasteiger partial charge in [0.05, 0.1) is 18.3 Å². The molecule has 0 atom stereocenters. The molecule has 0 saturated carbocycles. The summed E-state index contributed by atoms with van der Waals surface area (Å²) in [5.74, 6) is 0.276. The molecular weight excluding hydrogens is 432 g/mol. The molecule has 1 amide bonds. The number of aryl methyl sites for hydroxylation is 2. The van der Waals surface area contributed by atoms with Crippen LogP contribution in [0.4, 0.5) is 5.82 Å². The molecule has 4 aromatic rings. The highest BCUT2D eigenvalue weighted by molar-refractivity contribution is 6.01. The molecule has 0 aliphatic carbocycles. The van der Waals surface area contributed by atoms with Crippen LogP contribution in [0.1, 0.15) is 35.3 Å². The SMILES string of the molecule is CCOC(=O)c1cnn(-c2cc(C)c3ccccc3n2)c1NC(=O)COc1ccccc1CC. The summed E-state index contributed by atoms with van der Waals surface area (Å²) in [6.45, 7) is 5.68. The minimum absolute atomic E-state index is 0.136. The lowest BCUT2D eigenvalue weighted by Gasteiger charge is -2.13. The van der Waals surface area contributed by atoms with E-state index >= 15 is 0 Å². The van der Waals surface area contributed by atoms with Crippen LogP contribution < -0.4 is 10.1 Å². The quantitative estimate of drug-likeness (QED) is 0.391. The Labute approximate surface area is 197 Å². The Morgan fingerprint density at radius 2 is 1.82 bits per heavy atom. The summed E-state index contributed by atoms with van der Waals surface area (Å²) < 4.78 is 12.3. The molecule has 0 fully saturated rings. The number of carbonyl (C=O) groups is 2. The van der Waals surface area contributed by atoms with E-state index in [9.17, 15) is 9.59 Å². The number of para-hydroxylation sites is 2. The monoisotopic (exact) mass is 458 g/mol. The number of aromatic nitrogens is 3. The van der Waals surface area contributed by atoms with Crippen LogP contribution in [0.5, 0.6) is 5.75 Å². The van der Waals surface area contributed by atoms with E-state index in [0.29, 0.717) is 11.6 Å². The first-order valence-corrected chi connectivity index (χ1v) is 11.1. The van der Waals surface area contributed by atoms with Gasteiger partial charge in [-0.2, -0.15) is 9.78 Å².